The Morgan fingerprint density at radius 2 is 2.00 bits per heavy atom. The lowest BCUT2D eigenvalue weighted by molar-refractivity contribution is 0.480. The van der Waals surface area contributed by atoms with Crippen LogP contribution >= 0.6 is 23.2 Å². The quantitative estimate of drug-likeness (QED) is 0.930. The van der Waals surface area contributed by atoms with Crippen LogP contribution in [-0.4, -0.2) is 11.5 Å². The first kappa shape index (κ1) is 14.3. The Kier molecular flexibility index (Phi) is 4.46. The van der Waals surface area contributed by atoms with Crippen LogP contribution in [0, 0.1) is 0 Å². The molecule has 100 valence electrons. The van der Waals surface area contributed by atoms with Crippen molar-refractivity contribution in [3.05, 3.63) is 63.9 Å². The van der Waals surface area contributed by atoms with Gasteiger partial charge in [0, 0.05) is 24.4 Å². The summed E-state index contributed by atoms with van der Waals surface area (Å²) < 4.78 is 0. The Hall–Kier alpha value is -1.09. The summed E-state index contributed by atoms with van der Waals surface area (Å²) in [6.07, 6.45) is 4.45. The molecule has 2 aromatic rings. The van der Waals surface area contributed by atoms with Crippen molar-refractivity contribution < 1.29 is 0 Å². The molecule has 19 heavy (non-hydrogen) atoms. The predicted molar refractivity (Wildman–Crippen MR) is 80.8 cm³/mol. The molecule has 0 saturated heterocycles. The van der Waals surface area contributed by atoms with Gasteiger partial charge in [0.1, 0.15) is 0 Å². The zero-order chi connectivity index (χ0) is 13.9. The molecule has 0 radical (unpaired) electrons. The number of halogens is 2. The molecule has 0 aliphatic carbocycles. The molecule has 1 atom stereocenters. The van der Waals surface area contributed by atoms with Crippen LogP contribution in [0.3, 0.4) is 0 Å². The smallest absolute Gasteiger partial charge is 0.0595 e. The van der Waals surface area contributed by atoms with Crippen LogP contribution in [0.15, 0.2) is 42.7 Å². The highest BCUT2D eigenvalue weighted by Gasteiger charge is 2.26. The fraction of sp³-hybridized carbons (Fsp3) is 0.267. The maximum absolute atomic E-state index is 6.09. The van der Waals surface area contributed by atoms with Crippen LogP contribution in [-0.2, 0) is 11.8 Å². The van der Waals surface area contributed by atoms with E-state index in [2.05, 4.69) is 18.0 Å². The van der Waals surface area contributed by atoms with E-state index >= 15 is 0 Å². The Morgan fingerprint density at radius 1 is 1.21 bits per heavy atom. The lowest BCUT2D eigenvalue weighted by Crippen LogP contribution is -2.34. The SMILES string of the molecule is CC(CN)(Cc1cccnc1)c1ccc(Cl)c(Cl)c1. The predicted octanol–water partition coefficient (Wildman–Crippen LogP) is 3.85. The second-order valence-corrected chi connectivity index (χ2v) is 5.75. The summed E-state index contributed by atoms with van der Waals surface area (Å²) in [7, 11) is 0. The van der Waals surface area contributed by atoms with Gasteiger partial charge in [-0.2, -0.15) is 0 Å². The monoisotopic (exact) mass is 294 g/mol. The first-order valence-corrected chi connectivity index (χ1v) is 6.85. The van der Waals surface area contributed by atoms with Crippen LogP contribution in [0.4, 0.5) is 0 Å². The number of rotatable bonds is 4. The molecular weight excluding hydrogens is 279 g/mol. The highest BCUT2D eigenvalue weighted by Crippen LogP contribution is 2.32. The molecule has 2 N–H and O–H groups in total. The number of pyridine rings is 1. The minimum Gasteiger partial charge on any atom is -0.330 e. The first-order chi connectivity index (χ1) is 9.05. The lowest BCUT2D eigenvalue weighted by Gasteiger charge is -2.29. The molecule has 0 aliphatic rings. The normalized spacial score (nSPS) is 14.1. The van der Waals surface area contributed by atoms with Crippen molar-refractivity contribution in [1.82, 2.24) is 4.98 Å². The summed E-state index contributed by atoms with van der Waals surface area (Å²) in [5.41, 5.74) is 8.04. The minimum absolute atomic E-state index is 0.183. The zero-order valence-corrected chi connectivity index (χ0v) is 12.2. The van der Waals surface area contributed by atoms with Gasteiger partial charge in [0.05, 0.1) is 10.0 Å². The first-order valence-electron chi connectivity index (χ1n) is 6.10. The van der Waals surface area contributed by atoms with E-state index in [1.165, 1.54) is 0 Å². The molecule has 1 heterocycles. The van der Waals surface area contributed by atoms with E-state index in [-0.39, 0.29) is 5.41 Å². The Bertz CT molecular complexity index is 557. The Labute approximate surface area is 123 Å². The number of aromatic nitrogens is 1. The van der Waals surface area contributed by atoms with E-state index in [0.717, 1.165) is 17.5 Å². The molecule has 0 bridgehead atoms. The maximum atomic E-state index is 6.09. The van der Waals surface area contributed by atoms with Gasteiger partial charge in [-0.05, 0) is 35.7 Å². The fourth-order valence-corrected chi connectivity index (χ4v) is 2.41. The van der Waals surface area contributed by atoms with Gasteiger partial charge in [-0.15, -0.1) is 0 Å². The summed E-state index contributed by atoms with van der Waals surface area (Å²) in [4.78, 5) is 4.14. The van der Waals surface area contributed by atoms with Crippen LogP contribution in [0.1, 0.15) is 18.1 Å². The molecule has 0 fully saturated rings. The van der Waals surface area contributed by atoms with Gasteiger partial charge < -0.3 is 5.73 Å². The number of nitrogens with zero attached hydrogens (tertiary/aromatic N) is 1. The van der Waals surface area contributed by atoms with Crippen LogP contribution in [0.25, 0.3) is 0 Å². The second kappa shape index (κ2) is 5.91. The molecule has 0 aliphatic heterocycles. The highest BCUT2D eigenvalue weighted by atomic mass is 35.5. The Balaban J connectivity index is 2.33. The van der Waals surface area contributed by atoms with Crippen molar-refractivity contribution in [1.29, 1.82) is 0 Å². The third kappa shape index (κ3) is 3.27. The average Bonchev–Trinajstić information content (AvgIpc) is 2.43. The van der Waals surface area contributed by atoms with Crippen molar-refractivity contribution in [2.75, 3.05) is 6.54 Å². The molecule has 2 rings (SSSR count). The highest BCUT2D eigenvalue weighted by molar-refractivity contribution is 6.42. The lowest BCUT2D eigenvalue weighted by atomic mass is 9.77. The summed E-state index contributed by atoms with van der Waals surface area (Å²) in [5, 5.41) is 1.12. The van der Waals surface area contributed by atoms with E-state index < -0.39 is 0 Å². The van der Waals surface area contributed by atoms with Crippen LogP contribution < -0.4 is 5.73 Å². The molecule has 0 amide bonds. The van der Waals surface area contributed by atoms with E-state index in [9.17, 15) is 0 Å². The molecular formula is C15H16Cl2N2. The largest absolute Gasteiger partial charge is 0.330 e. The number of benzene rings is 1. The molecule has 0 saturated carbocycles. The van der Waals surface area contributed by atoms with Gasteiger partial charge in [-0.3, -0.25) is 4.98 Å². The van der Waals surface area contributed by atoms with E-state index in [1.54, 1.807) is 6.20 Å². The van der Waals surface area contributed by atoms with E-state index in [4.69, 9.17) is 28.9 Å². The van der Waals surface area contributed by atoms with Gasteiger partial charge in [0.15, 0.2) is 0 Å². The number of nitrogens with two attached hydrogens (primary N) is 1. The van der Waals surface area contributed by atoms with Crippen molar-refractivity contribution in [3.63, 3.8) is 0 Å². The van der Waals surface area contributed by atoms with Crippen molar-refractivity contribution in [2.45, 2.75) is 18.8 Å². The third-order valence-electron chi connectivity index (χ3n) is 3.38. The molecule has 1 aromatic heterocycles. The third-order valence-corrected chi connectivity index (χ3v) is 4.12. The van der Waals surface area contributed by atoms with E-state index in [0.29, 0.717) is 16.6 Å². The van der Waals surface area contributed by atoms with Crippen molar-refractivity contribution in [2.24, 2.45) is 5.73 Å². The minimum atomic E-state index is -0.183. The topological polar surface area (TPSA) is 38.9 Å². The van der Waals surface area contributed by atoms with Crippen LogP contribution in [0.5, 0.6) is 0 Å². The Morgan fingerprint density at radius 3 is 2.58 bits per heavy atom. The average molecular weight is 295 g/mol. The summed E-state index contributed by atoms with van der Waals surface area (Å²) in [6.45, 7) is 2.65. The summed E-state index contributed by atoms with van der Waals surface area (Å²) in [6, 6.07) is 9.68. The van der Waals surface area contributed by atoms with Crippen molar-refractivity contribution >= 4 is 23.2 Å². The number of hydrogen-bond donors (Lipinski definition) is 1. The van der Waals surface area contributed by atoms with E-state index in [1.807, 2.05) is 30.5 Å². The molecule has 1 unspecified atom stereocenters. The zero-order valence-electron chi connectivity index (χ0n) is 10.7. The van der Waals surface area contributed by atoms with Gasteiger partial charge >= 0.3 is 0 Å². The van der Waals surface area contributed by atoms with Crippen LogP contribution in [0.2, 0.25) is 10.0 Å². The van der Waals surface area contributed by atoms with Gasteiger partial charge in [-0.1, -0.05) is 42.3 Å². The van der Waals surface area contributed by atoms with Gasteiger partial charge in [0.2, 0.25) is 0 Å². The molecule has 4 heteroatoms. The van der Waals surface area contributed by atoms with Crippen molar-refractivity contribution in [3.8, 4) is 0 Å². The second-order valence-electron chi connectivity index (χ2n) is 4.93. The molecule has 2 nitrogen and oxygen atoms in total. The summed E-state index contributed by atoms with van der Waals surface area (Å²) in [5.74, 6) is 0. The molecule has 0 spiro atoms. The van der Waals surface area contributed by atoms with Gasteiger partial charge in [0.25, 0.3) is 0 Å². The summed E-state index contributed by atoms with van der Waals surface area (Å²) >= 11 is 12.1. The van der Waals surface area contributed by atoms with Gasteiger partial charge in [-0.25, -0.2) is 0 Å². The standard InChI is InChI=1S/C15H16Cl2N2/c1-15(10-18,8-11-3-2-6-19-9-11)12-4-5-13(16)14(17)7-12/h2-7,9H,8,10,18H2,1H3. The maximum Gasteiger partial charge on any atom is 0.0595 e. The fourth-order valence-electron chi connectivity index (χ4n) is 2.12. The molecule has 1 aromatic carbocycles. The number of hydrogen-bond acceptors (Lipinski definition) is 2.